The van der Waals surface area contributed by atoms with Crippen molar-refractivity contribution in [2.45, 2.75) is 18.8 Å². The molecule has 0 bridgehead atoms. The van der Waals surface area contributed by atoms with Crippen LogP contribution in [-0.2, 0) is 0 Å². The summed E-state index contributed by atoms with van der Waals surface area (Å²) in [6.07, 6.45) is 2.39. The van der Waals surface area contributed by atoms with E-state index >= 15 is 0 Å². The first-order valence-electron chi connectivity index (χ1n) is 11.9. The average Bonchev–Trinajstić information content (AvgIpc) is 3.62. The summed E-state index contributed by atoms with van der Waals surface area (Å²) in [5.41, 5.74) is 3.61. The number of likely N-dealkylation sites (N-methyl/N-ethyl adjacent to an activating group) is 1. The van der Waals surface area contributed by atoms with Crippen molar-refractivity contribution in [2.24, 2.45) is 5.41 Å². The maximum atomic E-state index is 9.35. The van der Waals surface area contributed by atoms with Crippen LogP contribution in [0.3, 0.4) is 0 Å². The molecular formula is C26H31N5O2. The second-order valence-corrected chi connectivity index (χ2v) is 9.91. The van der Waals surface area contributed by atoms with Gasteiger partial charge in [-0.1, -0.05) is 12.1 Å². The molecule has 0 unspecified atom stereocenters. The number of rotatable bonds is 7. The van der Waals surface area contributed by atoms with Crippen molar-refractivity contribution in [3.8, 4) is 5.75 Å². The van der Waals surface area contributed by atoms with Gasteiger partial charge in [-0.3, -0.25) is 0 Å². The van der Waals surface area contributed by atoms with Crippen LogP contribution in [0.5, 0.6) is 5.75 Å². The molecule has 1 aromatic heterocycles. The molecule has 33 heavy (non-hydrogen) atoms. The zero-order chi connectivity index (χ0) is 22.6. The fourth-order valence-corrected chi connectivity index (χ4v) is 5.34. The normalized spacial score (nSPS) is 18.9. The SMILES string of the molecule is COc1ccccc1N1CC2(C1)CN(c1nc(C3CC3)nc3ccc(N(C)CCO)cc13)C2. The number of methoxy groups -OCH3 is 1. The molecule has 6 rings (SSSR count). The van der Waals surface area contributed by atoms with Crippen LogP contribution in [-0.4, -0.2) is 68.6 Å². The Morgan fingerprint density at radius 2 is 1.82 bits per heavy atom. The first kappa shape index (κ1) is 20.5. The van der Waals surface area contributed by atoms with Crippen LogP contribution in [0.1, 0.15) is 24.6 Å². The number of hydrogen-bond donors (Lipinski definition) is 1. The van der Waals surface area contributed by atoms with E-state index in [4.69, 9.17) is 14.7 Å². The Morgan fingerprint density at radius 1 is 1.06 bits per heavy atom. The lowest BCUT2D eigenvalue weighted by molar-refractivity contribution is 0.155. The molecule has 1 saturated carbocycles. The lowest BCUT2D eigenvalue weighted by Crippen LogP contribution is -2.72. The summed E-state index contributed by atoms with van der Waals surface area (Å²) >= 11 is 0. The largest absolute Gasteiger partial charge is 0.495 e. The number of benzene rings is 2. The van der Waals surface area contributed by atoms with Gasteiger partial charge < -0.3 is 24.5 Å². The highest BCUT2D eigenvalue weighted by molar-refractivity contribution is 5.93. The highest BCUT2D eigenvalue weighted by atomic mass is 16.5. The summed E-state index contributed by atoms with van der Waals surface area (Å²) in [7, 11) is 3.75. The maximum Gasteiger partial charge on any atom is 0.142 e. The highest BCUT2D eigenvalue weighted by Gasteiger charge is 2.53. The molecule has 7 nitrogen and oxygen atoms in total. The van der Waals surface area contributed by atoms with Crippen LogP contribution in [0.25, 0.3) is 10.9 Å². The number of anilines is 3. The van der Waals surface area contributed by atoms with Gasteiger partial charge in [0.25, 0.3) is 0 Å². The first-order valence-corrected chi connectivity index (χ1v) is 11.9. The van der Waals surface area contributed by atoms with E-state index < -0.39 is 0 Å². The Hall–Kier alpha value is -3.06. The van der Waals surface area contributed by atoms with E-state index in [0.29, 0.717) is 17.9 Å². The van der Waals surface area contributed by atoms with E-state index in [1.807, 2.05) is 19.2 Å². The van der Waals surface area contributed by atoms with Crippen LogP contribution < -0.4 is 19.4 Å². The summed E-state index contributed by atoms with van der Waals surface area (Å²) < 4.78 is 5.56. The van der Waals surface area contributed by atoms with Crippen LogP contribution in [0.15, 0.2) is 42.5 Å². The molecule has 7 heteroatoms. The van der Waals surface area contributed by atoms with Gasteiger partial charge in [-0.05, 0) is 43.2 Å². The molecule has 1 aliphatic carbocycles. The van der Waals surface area contributed by atoms with Gasteiger partial charge in [0.15, 0.2) is 0 Å². The van der Waals surface area contributed by atoms with E-state index in [0.717, 1.165) is 60.2 Å². The van der Waals surface area contributed by atoms with Crippen LogP contribution >= 0.6 is 0 Å². The van der Waals surface area contributed by atoms with E-state index in [1.54, 1.807) is 7.11 Å². The molecule has 3 fully saturated rings. The Kier molecular flexibility index (Phi) is 4.83. The van der Waals surface area contributed by atoms with Crippen molar-refractivity contribution in [2.75, 3.05) is 68.2 Å². The standard InChI is InChI=1S/C26H31N5O2/c1-29(11-12-32)19-9-10-21-20(13-19)25(28-24(27-21)18-7-8-18)31-16-26(17-31)14-30(15-26)22-5-3-4-6-23(22)33-2/h3-6,9-10,13,18,32H,7-8,11-12,14-17H2,1-2H3. The average molecular weight is 446 g/mol. The minimum Gasteiger partial charge on any atom is -0.495 e. The Balaban J connectivity index is 1.25. The number of fused-ring (bicyclic) bond motifs is 1. The molecule has 3 aromatic rings. The smallest absolute Gasteiger partial charge is 0.142 e. The molecule has 2 saturated heterocycles. The number of aliphatic hydroxyl groups excluding tert-OH is 1. The van der Waals surface area contributed by atoms with E-state index in [2.05, 4.69) is 45.0 Å². The Bertz CT molecular complexity index is 1180. The van der Waals surface area contributed by atoms with Gasteiger partial charge in [0.05, 0.1) is 24.9 Å². The van der Waals surface area contributed by atoms with Crippen molar-refractivity contribution in [3.63, 3.8) is 0 Å². The summed E-state index contributed by atoms with van der Waals surface area (Å²) in [6, 6.07) is 14.7. The minimum atomic E-state index is 0.135. The van der Waals surface area contributed by atoms with E-state index in [9.17, 15) is 5.11 Å². The minimum absolute atomic E-state index is 0.135. The molecule has 3 heterocycles. The maximum absolute atomic E-state index is 9.35. The van der Waals surface area contributed by atoms with Crippen LogP contribution in [0, 0.1) is 5.41 Å². The number of aromatic nitrogens is 2. The molecule has 0 amide bonds. The molecule has 1 N–H and O–H groups in total. The molecule has 0 atom stereocenters. The van der Waals surface area contributed by atoms with Crippen molar-refractivity contribution in [1.82, 2.24) is 9.97 Å². The number of hydrogen-bond acceptors (Lipinski definition) is 7. The van der Waals surface area contributed by atoms with E-state index in [1.165, 1.54) is 18.5 Å². The molecule has 172 valence electrons. The molecule has 2 aromatic carbocycles. The quantitative estimate of drug-likeness (QED) is 0.599. The predicted octanol–water partition coefficient (Wildman–Crippen LogP) is 3.27. The van der Waals surface area contributed by atoms with Gasteiger partial charge in [0.1, 0.15) is 17.4 Å². The number of para-hydroxylation sites is 2. The summed E-state index contributed by atoms with van der Waals surface area (Å²) in [4.78, 5) is 16.9. The third-order valence-corrected chi connectivity index (χ3v) is 7.33. The van der Waals surface area contributed by atoms with Crippen molar-refractivity contribution in [3.05, 3.63) is 48.3 Å². The number of ether oxygens (including phenoxy) is 1. The molecule has 2 aliphatic heterocycles. The fraction of sp³-hybridized carbons (Fsp3) is 0.462. The van der Waals surface area contributed by atoms with Crippen molar-refractivity contribution >= 4 is 28.1 Å². The second-order valence-electron chi connectivity index (χ2n) is 9.91. The first-order chi connectivity index (χ1) is 16.1. The fourth-order valence-electron chi connectivity index (χ4n) is 5.34. The topological polar surface area (TPSA) is 65.0 Å². The molecule has 0 radical (unpaired) electrons. The van der Waals surface area contributed by atoms with Crippen LogP contribution in [0.4, 0.5) is 17.2 Å². The van der Waals surface area contributed by atoms with Gasteiger partial charge in [0.2, 0.25) is 0 Å². The van der Waals surface area contributed by atoms with Gasteiger partial charge in [-0.15, -0.1) is 0 Å². The Labute approximate surface area is 194 Å². The highest BCUT2D eigenvalue weighted by Crippen LogP contribution is 2.47. The van der Waals surface area contributed by atoms with Crippen molar-refractivity contribution < 1.29 is 9.84 Å². The molecular weight excluding hydrogens is 414 g/mol. The summed E-state index contributed by atoms with van der Waals surface area (Å²) in [5, 5.41) is 10.5. The summed E-state index contributed by atoms with van der Waals surface area (Å²) in [6.45, 7) is 4.88. The van der Waals surface area contributed by atoms with Gasteiger partial charge in [0, 0.05) is 62.2 Å². The lowest BCUT2D eigenvalue weighted by atomic mass is 9.72. The number of aliphatic hydroxyl groups is 1. The predicted molar refractivity (Wildman–Crippen MR) is 132 cm³/mol. The molecule has 3 aliphatic rings. The van der Waals surface area contributed by atoms with Crippen molar-refractivity contribution in [1.29, 1.82) is 0 Å². The van der Waals surface area contributed by atoms with Gasteiger partial charge in [-0.25, -0.2) is 9.97 Å². The Morgan fingerprint density at radius 3 is 2.55 bits per heavy atom. The zero-order valence-corrected chi connectivity index (χ0v) is 19.4. The second kappa shape index (κ2) is 7.76. The summed E-state index contributed by atoms with van der Waals surface area (Å²) in [5.74, 6) is 3.53. The number of nitrogens with zero attached hydrogens (tertiary/aromatic N) is 5. The third kappa shape index (κ3) is 3.55. The third-order valence-electron chi connectivity index (χ3n) is 7.33. The van der Waals surface area contributed by atoms with E-state index in [-0.39, 0.29) is 6.61 Å². The van der Waals surface area contributed by atoms with Crippen LogP contribution in [0.2, 0.25) is 0 Å². The monoisotopic (exact) mass is 445 g/mol. The lowest BCUT2D eigenvalue weighted by Gasteiger charge is -2.61. The van der Waals surface area contributed by atoms with Gasteiger partial charge in [-0.2, -0.15) is 0 Å². The van der Waals surface area contributed by atoms with Gasteiger partial charge >= 0.3 is 0 Å². The molecule has 1 spiro atoms. The zero-order valence-electron chi connectivity index (χ0n) is 19.4.